The zero-order valence-corrected chi connectivity index (χ0v) is 8.14. The molecule has 0 bridgehead atoms. The molecule has 0 atom stereocenters. The Kier molecular flexibility index (Phi) is 1.91. The molecule has 0 saturated heterocycles. The van der Waals surface area contributed by atoms with Crippen LogP contribution in [-0.4, -0.2) is 17.0 Å². The van der Waals surface area contributed by atoms with Crippen molar-refractivity contribution in [2.24, 2.45) is 0 Å². The molecule has 1 N–H and O–H groups in total. The van der Waals surface area contributed by atoms with Crippen molar-refractivity contribution in [3.8, 4) is 5.75 Å². The molecule has 1 aromatic heterocycles. The van der Waals surface area contributed by atoms with Crippen molar-refractivity contribution < 1.29 is 18.3 Å². The van der Waals surface area contributed by atoms with Gasteiger partial charge in [-0.15, -0.1) is 0 Å². The normalized spacial score (nSPS) is 18.1. The highest BCUT2D eigenvalue weighted by molar-refractivity contribution is 9.10. The first-order valence-corrected chi connectivity index (χ1v) is 4.33. The fourth-order valence-electron chi connectivity index (χ4n) is 0.959. The second-order valence-electron chi connectivity index (χ2n) is 2.55. The lowest BCUT2D eigenvalue weighted by Crippen LogP contribution is -2.43. The molecule has 74 valence electrons. The van der Waals surface area contributed by atoms with Crippen LogP contribution < -0.4 is 10.1 Å². The number of halogens is 3. The molecule has 0 unspecified atom stereocenters. The average Bonchev–Trinajstić information content (AvgIpc) is 2.08. The van der Waals surface area contributed by atoms with Crippen molar-refractivity contribution in [2.45, 2.75) is 6.11 Å². The Morgan fingerprint density at radius 1 is 1.50 bits per heavy atom. The van der Waals surface area contributed by atoms with Gasteiger partial charge in [-0.1, -0.05) is 0 Å². The molecular formula is C7H3BrF2N2O2. The van der Waals surface area contributed by atoms with Crippen LogP contribution in [0.3, 0.4) is 0 Å². The second kappa shape index (κ2) is 2.88. The molecule has 0 aromatic carbocycles. The SMILES string of the molecule is O=C1Nc2nc(Br)ccc2OC1(F)F. The number of carbonyl (C=O) groups excluding carboxylic acids is 1. The summed E-state index contributed by atoms with van der Waals surface area (Å²) in [5, 5.41) is 1.94. The van der Waals surface area contributed by atoms with Gasteiger partial charge in [0.25, 0.3) is 0 Å². The standard InChI is InChI=1S/C7H3BrF2N2O2/c8-4-2-1-3-5(11-4)12-6(13)7(9,10)14-3/h1-2H,(H,11,12,13). The molecule has 0 radical (unpaired) electrons. The molecule has 1 aliphatic heterocycles. The molecule has 0 aliphatic carbocycles. The lowest BCUT2D eigenvalue weighted by molar-refractivity contribution is -0.189. The number of nitrogens with zero attached hydrogens (tertiary/aromatic N) is 1. The Morgan fingerprint density at radius 3 is 2.93 bits per heavy atom. The number of hydrogen-bond donors (Lipinski definition) is 1. The minimum Gasteiger partial charge on any atom is -0.421 e. The number of pyridine rings is 1. The fraction of sp³-hybridized carbons (Fsp3) is 0.143. The number of nitrogens with one attached hydrogen (secondary N) is 1. The van der Waals surface area contributed by atoms with Crippen molar-refractivity contribution in [1.29, 1.82) is 0 Å². The van der Waals surface area contributed by atoms with Crippen LogP contribution in [0.25, 0.3) is 0 Å². The highest BCUT2D eigenvalue weighted by Gasteiger charge is 2.46. The van der Waals surface area contributed by atoms with E-state index < -0.39 is 12.0 Å². The zero-order chi connectivity index (χ0) is 10.3. The van der Waals surface area contributed by atoms with Crippen molar-refractivity contribution >= 4 is 27.7 Å². The van der Waals surface area contributed by atoms with E-state index in [4.69, 9.17) is 0 Å². The van der Waals surface area contributed by atoms with Gasteiger partial charge in [0, 0.05) is 0 Å². The van der Waals surface area contributed by atoms with Gasteiger partial charge in [-0.05, 0) is 28.1 Å². The monoisotopic (exact) mass is 264 g/mol. The molecule has 7 heteroatoms. The minimum absolute atomic E-state index is 0.0182. The Morgan fingerprint density at radius 2 is 2.21 bits per heavy atom. The lowest BCUT2D eigenvalue weighted by atomic mass is 10.3. The Labute approximate surface area is 85.4 Å². The topological polar surface area (TPSA) is 51.2 Å². The van der Waals surface area contributed by atoms with E-state index in [1.54, 1.807) is 0 Å². The molecule has 0 saturated carbocycles. The van der Waals surface area contributed by atoms with Crippen molar-refractivity contribution in [2.75, 3.05) is 5.32 Å². The Bertz CT molecular complexity index is 411. The third-order valence-corrected chi connectivity index (χ3v) is 2.00. The maximum Gasteiger partial charge on any atom is 0.482 e. The van der Waals surface area contributed by atoms with Gasteiger partial charge in [0.2, 0.25) is 0 Å². The summed E-state index contributed by atoms with van der Waals surface area (Å²) in [6.45, 7) is 0. The number of hydrogen-bond acceptors (Lipinski definition) is 3. The van der Waals surface area contributed by atoms with E-state index in [9.17, 15) is 13.6 Å². The number of carbonyl (C=O) groups is 1. The largest absolute Gasteiger partial charge is 0.482 e. The van der Waals surface area contributed by atoms with E-state index in [1.165, 1.54) is 12.1 Å². The molecule has 14 heavy (non-hydrogen) atoms. The third kappa shape index (κ3) is 1.43. The summed E-state index contributed by atoms with van der Waals surface area (Å²) >= 11 is 3.03. The van der Waals surface area contributed by atoms with Gasteiger partial charge in [0.05, 0.1) is 0 Å². The predicted molar refractivity (Wildman–Crippen MR) is 46.1 cm³/mol. The molecule has 1 aliphatic rings. The van der Waals surface area contributed by atoms with Gasteiger partial charge < -0.3 is 4.74 Å². The molecule has 4 nitrogen and oxygen atoms in total. The highest BCUT2D eigenvalue weighted by Crippen LogP contribution is 2.34. The Hall–Kier alpha value is -1.24. The first-order chi connectivity index (χ1) is 6.49. The van der Waals surface area contributed by atoms with Gasteiger partial charge in [-0.25, -0.2) is 4.98 Å². The van der Waals surface area contributed by atoms with Crippen LogP contribution >= 0.6 is 15.9 Å². The van der Waals surface area contributed by atoms with E-state index in [0.29, 0.717) is 4.60 Å². The lowest BCUT2D eigenvalue weighted by Gasteiger charge is -2.23. The molecule has 2 heterocycles. The summed E-state index contributed by atoms with van der Waals surface area (Å²) in [5.41, 5.74) is 0. The summed E-state index contributed by atoms with van der Waals surface area (Å²) < 4.78 is 30.0. The Balaban J connectivity index is 2.46. The number of aromatic nitrogens is 1. The molecule has 2 rings (SSSR count). The number of fused-ring (bicyclic) bond motifs is 1. The number of amides is 1. The maximum atomic E-state index is 12.7. The number of anilines is 1. The predicted octanol–water partition coefficient (Wildman–Crippen LogP) is 1.77. The number of rotatable bonds is 0. The van der Waals surface area contributed by atoms with Crippen LogP contribution in [0.4, 0.5) is 14.6 Å². The van der Waals surface area contributed by atoms with Gasteiger partial charge >= 0.3 is 12.0 Å². The van der Waals surface area contributed by atoms with E-state index in [1.807, 2.05) is 5.32 Å². The number of ether oxygens (including phenoxy) is 1. The van der Waals surface area contributed by atoms with Crippen molar-refractivity contribution in [1.82, 2.24) is 4.98 Å². The van der Waals surface area contributed by atoms with Gasteiger partial charge in [-0.2, -0.15) is 8.78 Å². The molecule has 1 amide bonds. The zero-order valence-electron chi connectivity index (χ0n) is 6.55. The third-order valence-electron chi connectivity index (χ3n) is 1.56. The van der Waals surface area contributed by atoms with Crippen LogP contribution in [0.2, 0.25) is 0 Å². The van der Waals surface area contributed by atoms with Crippen LogP contribution in [0.5, 0.6) is 5.75 Å². The van der Waals surface area contributed by atoms with E-state index in [2.05, 4.69) is 25.7 Å². The maximum absolute atomic E-state index is 12.7. The first kappa shape index (κ1) is 9.32. The first-order valence-electron chi connectivity index (χ1n) is 3.54. The van der Waals surface area contributed by atoms with Crippen LogP contribution in [-0.2, 0) is 4.79 Å². The van der Waals surface area contributed by atoms with Gasteiger partial charge in [-0.3, -0.25) is 10.1 Å². The molecular weight excluding hydrogens is 262 g/mol. The van der Waals surface area contributed by atoms with E-state index in [0.717, 1.165) is 0 Å². The summed E-state index contributed by atoms with van der Waals surface area (Å²) in [6, 6.07) is 2.73. The molecule has 1 aromatic rings. The highest BCUT2D eigenvalue weighted by atomic mass is 79.9. The van der Waals surface area contributed by atoms with Crippen molar-refractivity contribution in [3.05, 3.63) is 16.7 Å². The summed E-state index contributed by atoms with van der Waals surface area (Å²) in [4.78, 5) is 14.5. The molecule has 0 fully saturated rings. The average molecular weight is 265 g/mol. The fourth-order valence-corrected chi connectivity index (χ4v) is 1.27. The smallest absolute Gasteiger partial charge is 0.421 e. The second-order valence-corrected chi connectivity index (χ2v) is 3.37. The summed E-state index contributed by atoms with van der Waals surface area (Å²) in [7, 11) is 0. The van der Waals surface area contributed by atoms with Crippen LogP contribution in [0.15, 0.2) is 16.7 Å². The quantitative estimate of drug-likeness (QED) is 0.727. The van der Waals surface area contributed by atoms with Gasteiger partial charge in [0.1, 0.15) is 4.60 Å². The summed E-state index contributed by atoms with van der Waals surface area (Å²) in [6.07, 6.45) is -3.83. The number of alkyl halides is 2. The van der Waals surface area contributed by atoms with Crippen molar-refractivity contribution in [3.63, 3.8) is 0 Å². The minimum atomic E-state index is -3.83. The van der Waals surface area contributed by atoms with Crippen LogP contribution in [0, 0.1) is 0 Å². The molecule has 0 spiro atoms. The van der Waals surface area contributed by atoms with E-state index in [-0.39, 0.29) is 11.6 Å². The summed E-state index contributed by atoms with van der Waals surface area (Å²) in [5.74, 6) is -1.69. The van der Waals surface area contributed by atoms with Gasteiger partial charge in [0.15, 0.2) is 11.6 Å². The van der Waals surface area contributed by atoms with Crippen LogP contribution in [0.1, 0.15) is 0 Å². The van der Waals surface area contributed by atoms with E-state index >= 15 is 0 Å².